The van der Waals surface area contributed by atoms with Crippen LogP contribution in [0.15, 0.2) is 29.4 Å². The number of nitriles is 1. The molecule has 0 spiro atoms. The quantitative estimate of drug-likeness (QED) is 0.506. The minimum atomic E-state index is 0.0202. The highest BCUT2D eigenvalue weighted by atomic mass is 35.5. The third-order valence-corrected chi connectivity index (χ3v) is 3.15. The number of amidine groups is 1. The molecule has 7 heteroatoms. The van der Waals surface area contributed by atoms with E-state index in [1.807, 2.05) is 12.1 Å². The minimum absolute atomic E-state index is 0.0202. The van der Waals surface area contributed by atoms with Crippen LogP contribution < -0.4 is 5.43 Å². The van der Waals surface area contributed by atoms with Crippen LogP contribution in [0.3, 0.4) is 0 Å². The van der Waals surface area contributed by atoms with E-state index >= 15 is 0 Å². The fourth-order valence-electron chi connectivity index (χ4n) is 1.74. The Morgan fingerprint density at radius 2 is 2.10 bits per heavy atom. The Kier molecular flexibility index (Phi) is 4.93. The molecule has 0 atom stereocenters. The predicted molar refractivity (Wildman–Crippen MR) is 78.2 cm³/mol. The molecule has 1 aromatic carbocycles. The lowest BCUT2D eigenvalue weighted by Crippen LogP contribution is -2.43. The molecule has 6 nitrogen and oxygen atoms in total. The van der Waals surface area contributed by atoms with Crippen molar-refractivity contribution < 1.29 is 4.74 Å². The summed E-state index contributed by atoms with van der Waals surface area (Å²) in [7, 11) is 0. The summed E-state index contributed by atoms with van der Waals surface area (Å²) in [5, 5.41) is 21.6. The summed E-state index contributed by atoms with van der Waals surface area (Å²) in [6, 6.07) is 9.01. The van der Waals surface area contributed by atoms with Crippen molar-refractivity contribution in [3.8, 4) is 6.07 Å². The van der Waals surface area contributed by atoms with E-state index in [1.54, 1.807) is 23.1 Å². The molecule has 1 aliphatic heterocycles. The second-order valence-electron chi connectivity index (χ2n) is 4.11. The lowest BCUT2D eigenvalue weighted by molar-refractivity contribution is 0.0686. The second-order valence-corrected chi connectivity index (χ2v) is 4.52. The van der Waals surface area contributed by atoms with Gasteiger partial charge in [-0.3, -0.25) is 10.8 Å². The molecule has 0 saturated carbocycles. The van der Waals surface area contributed by atoms with Crippen LogP contribution in [0.1, 0.15) is 0 Å². The molecule has 0 amide bonds. The molecule has 1 aromatic rings. The van der Waals surface area contributed by atoms with E-state index in [0.717, 1.165) is 0 Å². The van der Waals surface area contributed by atoms with Crippen LogP contribution in [-0.2, 0) is 4.74 Å². The summed E-state index contributed by atoms with van der Waals surface area (Å²) in [5.74, 6) is 0.0929. The topological polar surface area (TPSA) is 84.5 Å². The van der Waals surface area contributed by atoms with Gasteiger partial charge in [0.05, 0.1) is 23.9 Å². The Morgan fingerprint density at radius 1 is 1.40 bits per heavy atom. The van der Waals surface area contributed by atoms with Crippen LogP contribution in [-0.4, -0.2) is 42.8 Å². The molecule has 1 fully saturated rings. The van der Waals surface area contributed by atoms with Gasteiger partial charge in [0.15, 0.2) is 5.84 Å². The van der Waals surface area contributed by atoms with Gasteiger partial charge in [-0.2, -0.15) is 10.4 Å². The molecule has 20 heavy (non-hydrogen) atoms. The number of anilines is 1. The normalized spacial score (nSPS) is 15.6. The lowest BCUT2D eigenvalue weighted by Gasteiger charge is -2.28. The number of hydrogen-bond donors (Lipinski definition) is 2. The Hall–Kier alpha value is -2.10. The number of para-hydroxylation sites is 1. The summed E-state index contributed by atoms with van der Waals surface area (Å²) in [5.41, 5.74) is 3.33. The van der Waals surface area contributed by atoms with E-state index in [1.165, 1.54) is 0 Å². The second kappa shape index (κ2) is 6.89. The standard InChI is InChI=1S/C13H14ClN5O/c14-10-3-1-2-4-11(10)17-18-12(9-15)13(16)19-5-7-20-8-6-19/h1-4,16-17H,5-8H2. The maximum atomic E-state index is 9.12. The fraction of sp³-hybridized carbons (Fsp3) is 0.308. The highest BCUT2D eigenvalue weighted by Gasteiger charge is 2.18. The maximum absolute atomic E-state index is 9.12. The van der Waals surface area contributed by atoms with Gasteiger partial charge < -0.3 is 9.64 Å². The highest BCUT2D eigenvalue weighted by Crippen LogP contribution is 2.20. The molecule has 1 aliphatic rings. The van der Waals surface area contributed by atoms with Crippen molar-refractivity contribution in [2.75, 3.05) is 31.7 Å². The molecule has 0 bridgehead atoms. The number of ether oxygens (including phenoxy) is 1. The van der Waals surface area contributed by atoms with Crippen LogP contribution in [0.25, 0.3) is 0 Å². The molecule has 0 aliphatic carbocycles. The van der Waals surface area contributed by atoms with Gasteiger partial charge in [0.2, 0.25) is 5.71 Å². The van der Waals surface area contributed by atoms with Crippen molar-refractivity contribution in [3.63, 3.8) is 0 Å². The van der Waals surface area contributed by atoms with Crippen LogP contribution in [0.2, 0.25) is 5.02 Å². The van der Waals surface area contributed by atoms with Gasteiger partial charge >= 0.3 is 0 Å². The summed E-state index contributed by atoms with van der Waals surface area (Å²) in [6.45, 7) is 2.29. The van der Waals surface area contributed by atoms with Gasteiger partial charge in [-0.15, -0.1) is 0 Å². The number of hydrogen-bond acceptors (Lipinski definition) is 5. The zero-order chi connectivity index (χ0) is 14.4. The van der Waals surface area contributed by atoms with Crippen LogP contribution in [0.4, 0.5) is 5.69 Å². The zero-order valence-electron chi connectivity index (χ0n) is 10.8. The van der Waals surface area contributed by atoms with E-state index in [-0.39, 0.29) is 11.5 Å². The number of rotatable bonds is 3. The molecule has 2 N–H and O–H groups in total. The Bertz CT molecular complexity index is 560. The molecule has 0 radical (unpaired) electrons. The fourth-order valence-corrected chi connectivity index (χ4v) is 1.91. The first-order chi connectivity index (χ1) is 9.72. The first kappa shape index (κ1) is 14.3. The maximum Gasteiger partial charge on any atom is 0.202 e. The molecule has 1 heterocycles. The van der Waals surface area contributed by atoms with Crippen molar-refractivity contribution >= 4 is 28.8 Å². The van der Waals surface area contributed by atoms with Gasteiger partial charge in [-0.25, -0.2) is 0 Å². The van der Waals surface area contributed by atoms with E-state index in [2.05, 4.69) is 10.5 Å². The smallest absolute Gasteiger partial charge is 0.202 e. The van der Waals surface area contributed by atoms with Crippen molar-refractivity contribution in [2.45, 2.75) is 0 Å². The molecular formula is C13H14ClN5O. The monoisotopic (exact) mass is 291 g/mol. The van der Waals surface area contributed by atoms with Gasteiger partial charge in [-0.05, 0) is 12.1 Å². The number of hydrazone groups is 1. The van der Waals surface area contributed by atoms with Crippen LogP contribution >= 0.6 is 11.6 Å². The molecule has 2 rings (SSSR count). The van der Waals surface area contributed by atoms with Crippen molar-refractivity contribution in [1.82, 2.24) is 4.90 Å². The zero-order valence-corrected chi connectivity index (χ0v) is 11.5. The Morgan fingerprint density at radius 3 is 2.75 bits per heavy atom. The number of nitrogens with one attached hydrogen (secondary N) is 2. The largest absolute Gasteiger partial charge is 0.378 e. The van der Waals surface area contributed by atoms with Crippen LogP contribution in [0.5, 0.6) is 0 Å². The van der Waals surface area contributed by atoms with Crippen molar-refractivity contribution in [1.29, 1.82) is 10.7 Å². The molecule has 104 valence electrons. The van der Waals surface area contributed by atoms with E-state index in [4.69, 9.17) is 27.0 Å². The number of morpholine rings is 1. The number of nitrogens with zero attached hydrogens (tertiary/aromatic N) is 3. The minimum Gasteiger partial charge on any atom is -0.378 e. The van der Waals surface area contributed by atoms with Crippen LogP contribution in [0, 0.1) is 16.7 Å². The van der Waals surface area contributed by atoms with E-state index < -0.39 is 0 Å². The first-order valence-electron chi connectivity index (χ1n) is 6.12. The van der Waals surface area contributed by atoms with Crippen molar-refractivity contribution in [2.24, 2.45) is 5.10 Å². The first-order valence-corrected chi connectivity index (χ1v) is 6.50. The summed E-state index contributed by atoms with van der Waals surface area (Å²) < 4.78 is 5.21. The van der Waals surface area contributed by atoms with Gasteiger partial charge in [0, 0.05) is 13.1 Å². The van der Waals surface area contributed by atoms with Gasteiger partial charge in [0.1, 0.15) is 6.07 Å². The van der Waals surface area contributed by atoms with Crippen molar-refractivity contribution in [3.05, 3.63) is 29.3 Å². The molecule has 0 aromatic heterocycles. The number of halogens is 1. The molecule has 0 unspecified atom stereocenters. The average molecular weight is 292 g/mol. The summed E-state index contributed by atoms with van der Waals surface area (Å²) in [6.07, 6.45) is 0. The third kappa shape index (κ3) is 3.47. The van der Waals surface area contributed by atoms with E-state index in [9.17, 15) is 0 Å². The highest BCUT2D eigenvalue weighted by molar-refractivity contribution is 6.46. The predicted octanol–water partition coefficient (Wildman–Crippen LogP) is 1.94. The van der Waals surface area contributed by atoms with Gasteiger partial charge in [-0.1, -0.05) is 23.7 Å². The SMILES string of the molecule is N#CC(=NNc1ccccc1Cl)C(=N)N1CCOCC1. The summed E-state index contributed by atoms with van der Waals surface area (Å²) in [4.78, 5) is 1.76. The Balaban J connectivity index is 2.08. The van der Waals surface area contributed by atoms with E-state index in [0.29, 0.717) is 37.0 Å². The lowest BCUT2D eigenvalue weighted by atomic mass is 10.3. The average Bonchev–Trinajstić information content (AvgIpc) is 2.50. The van der Waals surface area contributed by atoms with Gasteiger partial charge in [0.25, 0.3) is 0 Å². The molecular weight excluding hydrogens is 278 g/mol. The summed E-state index contributed by atoms with van der Waals surface area (Å²) >= 11 is 5.98. The third-order valence-electron chi connectivity index (χ3n) is 2.82. The number of benzene rings is 1. The molecule has 1 saturated heterocycles. The Labute approximate surface area is 122 Å².